The lowest BCUT2D eigenvalue weighted by molar-refractivity contribution is -0.943. The molecule has 3 fully saturated rings. The summed E-state index contributed by atoms with van der Waals surface area (Å²) in [6.07, 6.45) is 10.9. The molecule has 0 unspecified atom stereocenters. The molecule has 1 saturated heterocycles. The molecule has 2 heteroatoms. The fourth-order valence-corrected chi connectivity index (χ4v) is 4.98. The number of likely N-dealkylation sites (tertiary alicyclic amines) is 1. The first kappa shape index (κ1) is 12.0. The molecule has 1 aliphatic heterocycles. The number of fused-ring (bicyclic) bond motifs is 2. The van der Waals surface area contributed by atoms with Crippen LogP contribution in [0.2, 0.25) is 0 Å². The number of rotatable bonds is 1. The molecular formula is C15H28NO+. The number of nitrogens with zero attached hydrogens (tertiary/aromatic N) is 1. The van der Waals surface area contributed by atoms with Crippen LogP contribution in [0.1, 0.15) is 51.4 Å². The summed E-state index contributed by atoms with van der Waals surface area (Å²) in [5.74, 6) is 1.26. The van der Waals surface area contributed by atoms with Crippen LogP contribution in [0, 0.1) is 11.8 Å². The predicted octanol–water partition coefficient (Wildman–Crippen LogP) is 2.56. The minimum Gasteiger partial charge on any atom is -0.392 e. The zero-order chi connectivity index (χ0) is 11.9. The van der Waals surface area contributed by atoms with Gasteiger partial charge in [0, 0.05) is 12.3 Å². The summed E-state index contributed by atoms with van der Waals surface area (Å²) in [6.45, 7) is 2.72. The third kappa shape index (κ3) is 2.04. The van der Waals surface area contributed by atoms with Crippen LogP contribution < -0.4 is 0 Å². The summed E-state index contributed by atoms with van der Waals surface area (Å²) in [5, 5.41) is 10.5. The van der Waals surface area contributed by atoms with Crippen LogP contribution in [-0.2, 0) is 0 Å². The van der Waals surface area contributed by atoms with E-state index in [0.717, 1.165) is 6.04 Å². The van der Waals surface area contributed by atoms with Crippen LogP contribution in [0.15, 0.2) is 0 Å². The SMILES string of the molecule is C[N+]1([C@H]2CC[C@@H]3CCC[C@@H]2[C@@H]3O)CCCCC1. The van der Waals surface area contributed by atoms with E-state index >= 15 is 0 Å². The highest BCUT2D eigenvalue weighted by Gasteiger charge is 2.48. The molecule has 1 heterocycles. The lowest BCUT2D eigenvalue weighted by Gasteiger charge is -2.53. The minimum absolute atomic E-state index is 0.0272. The molecule has 0 amide bonds. The maximum Gasteiger partial charge on any atom is 0.0941 e. The zero-order valence-corrected chi connectivity index (χ0v) is 11.3. The number of aliphatic hydroxyl groups excluding tert-OH is 1. The first-order valence-electron chi connectivity index (χ1n) is 7.73. The molecule has 2 bridgehead atoms. The van der Waals surface area contributed by atoms with E-state index < -0.39 is 0 Å². The molecule has 1 N–H and O–H groups in total. The average Bonchev–Trinajstić information content (AvgIpc) is 2.29. The summed E-state index contributed by atoms with van der Waals surface area (Å²) in [7, 11) is 2.46. The molecular weight excluding hydrogens is 210 g/mol. The van der Waals surface area contributed by atoms with Gasteiger partial charge in [0.25, 0.3) is 0 Å². The highest BCUT2D eigenvalue weighted by atomic mass is 16.3. The Bertz CT molecular complexity index is 272. The fourth-order valence-electron chi connectivity index (χ4n) is 4.98. The van der Waals surface area contributed by atoms with Gasteiger partial charge in [-0.1, -0.05) is 6.42 Å². The van der Waals surface area contributed by atoms with Crippen LogP contribution in [0.5, 0.6) is 0 Å². The summed E-state index contributed by atoms with van der Waals surface area (Å²) in [6, 6.07) is 0.766. The van der Waals surface area contributed by atoms with Gasteiger partial charge in [0.05, 0.1) is 32.3 Å². The van der Waals surface area contributed by atoms with E-state index in [-0.39, 0.29) is 6.10 Å². The lowest BCUT2D eigenvalue weighted by Crippen LogP contribution is -2.62. The van der Waals surface area contributed by atoms with Crippen molar-refractivity contribution in [3.8, 4) is 0 Å². The summed E-state index contributed by atoms with van der Waals surface area (Å²) < 4.78 is 1.27. The van der Waals surface area contributed by atoms with Crippen molar-refractivity contribution in [2.45, 2.75) is 63.5 Å². The van der Waals surface area contributed by atoms with E-state index in [4.69, 9.17) is 0 Å². The number of piperidine rings is 1. The van der Waals surface area contributed by atoms with Gasteiger partial charge in [-0.15, -0.1) is 0 Å². The van der Waals surface area contributed by atoms with Gasteiger partial charge in [0.1, 0.15) is 0 Å². The van der Waals surface area contributed by atoms with E-state index in [1.54, 1.807) is 0 Å². The molecule has 3 aliphatic rings. The maximum absolute atomic E-state index is 10.5. The third-order valence-electron chi connectivity index (χ3n) is 6.00. The maximum atomic E-state index is 10.5. The van der Waals surface area contributed by atoms with Gasteiger partial charge < -0.3 is 9.59 Å². The van der Waals surface area contributed by atoms with Crippen LogP contribution in [0.25, 0.3) is 0 Å². The molecule has 2 nitrogen and oxygen atoms in total. The molecule has 0 spiro atoms. The van der Waals surface area contributed by atoms with Crippen LogP contribution in [0.3, 0.4) is 0 Å². The van der Waals surface area contributed by atoms with Crippen molar-refractivity contribution in [1.82, 2.24) is 0 Å². The normalized spacial score (nSPS) is 45.5. The molecule has 0 aromatic heterocycles. The van der Waals surface area contributed by atoms with Crippen molar-refractivity contribution in [2.75, 3.05) is 20.1 Å². The average molecular weight is 238 g/mol. The molecule has 3 rings (SSSR count). The Labute approximate surface area is 106 Å². The fraction of sp³-hybridized carbons (Fsp3) is 1.00. The van der Waals surface area contributed by atoms with Gasteiger partial charge in [0.15, 0.2) is 0 Å². The Kier molecular flexibility index (Phi) is 3.20. The zero-order valence-electron chi connectivity index (χ0n) is 11.3. The first-order chi connectivity index (χ1) is 8.21. The second-order valence-corrected chi connectivity index (χ2v) is 6.98. The van der Waals surface area contributed by atoms with Gasteiger partial charge >= 0.3 is 0 Å². The van der Waals surface area contributed by atoms with E-state index in [2.05, 4.69) is 7.05 Å². The van der Waals surface area contributed by atoms with Crippen molar-refractivity contribution in [3.05, 3.63) is 0 Å². The van der Waals surface area contributed by atoms with Crippen molar-refractivity contribution in [3.63, 3.8) is 0 Å². The van der Waals surface area contributed by atoms with E-state index in [9.17, 15) is 5.11 Å². The van der Waals surface area contributed by atoms with E-state index in [1.165, 1.54) is 68.9 Å². The summed E-state index contributed by atoms with van der Waals surface area (Å²) in [4.78, 5) is 0. The summed E-state index contributed by atoms with van der Waals surface area (Å²) >= 11 is 0. The number of hydrogen-bond acceptors (Lipinski definition) is 1. The second kappa shape index (κ2) is 4.55. The Morgan fingerprint density at radius 2 is 1.65 bits per heavy atom. The van der Waals surface area contributed by atoms with Gasteiger partial charge in [-0.3, -0.25) is 0 Å². The van der Waals surface area contributed by atoms with Gasteiger partial charge in [0.2, 0.25) is 0 Å². The topological polar surface area (TPSA) is 20.2 Å². The van der Waals surface area contributed by atoms with Crippen molar-refractivity contribution in [2.24, 2.45) is 11.8 Å². The highest BCUT2D eigenvalue weighted by molar-refractivity contribution is 4.92. The quantitative estimate of drug-likeness (QED) is 0.696. The highest BCUT2D eigenvalue weighted by Crippen LogP contribution is 2.44. The van der Waals surface area contributed by atoms with Crippen molar-refractivity contribution in [1.29, 1.82) is 0 Å². The number of quaternary nitrogens is 1. The lowest BCUT2D eigenvalue weighted by atomic mass is 9.66. The van der Waals surface area contributed by atoms with Crippen LogP contribution >= 0.6 is 0 Å². The Hall–Kier alpha value is -0.0800. The molecule has 0 radical (unpaired) electrons. The smallest absolute Gasteiger partial charge is 0.0941 e. The summed E-state index contributed by atoms with van der Waals surface area (Å²) in [5.41, 5.74) is 0. The molecule has 4 atom stereocenters. The first-order valence-corrected chi connectivity index (χ1v) is 7.73. The minimum atomic E-state index is 0.0272. The van der Waals surface area contributed by atoms with Crippen LogP contribution in [-0.4, -0.2) is 41.9 Å². The number of aliphatic hydroxyl groups is 1. The Morgan fingerprint density at radius 3 is 2.41 bits per heavy atom. The molecule has 98 valence electrons. The standard InChI is InChI=1S/C15H28NO/c1-16(10-3-2-4-11-16)14-9-8-12-6-5-7-13(14)15(12)17/h12-15,17H,2-11H2,1H3/q+1/t12-,13-,14-,15+/m0/s1. The third-order valence-corrected chi connectivity index (χ3v) is 6.00. The predicted molar refractivity (Wildman–Crippen MR) is 69.6 cm³/mol. The monoisotopic (exact) mass is 238 g/mol. The molecule has 0 aromatic rings. The molecule has 2 aliphatic carbocycles. The molecule has 2 saturated carbocycles. The van der Waals surface area contributed by atoms with Crippen LogP contribution in [0.4, 0.5) is 0 Å². The van der Waals surface area contributed by atoms with E-state index in [0.29, 0.717) is 11.8 Å². The Balaban J connectivity index is 1.77. The van der Waals surface area contributed by atoms with Gasteiger partial charge in [-0.25, -0.2) is 0 Å². The second-order valence-electron chi connectivity index (χ2n) is 6.98. The van der Waals surface area contributed by atoms with Gasteiger partial charge in [-0.05, 0) is 44.4 Å². The molecule has 0 aromatic carbocycles. The Morgan fingerprint density at radius 1 is 0.882 bits per heavy atom. The van der Waals surface area contributed by atoms with Crippen molar-refractivity contribution >= 4 is 0 Å². The largest absolute Gasteiger partial charge is 0.392 e. The van der Waals surface area contributed by atoms with Gasteiger partial charge in [-0.2, -0.15) is 0 Å². The van der Waals surface area contributed by atoms with Crippen molar-refractivity contribution < 1.29 is 9.59 Å². The molecule has 17 heavy (non-hydrogen) atoms. The van der Waals surface area contributed by atoms with E-state index in [1.807, 2.05) is 0 Å². The number of hydrogen-bond donors (Lipinski definition) is 1.